The smallest absolute Gasteiger partial charge is 0.266 e. The zero-order valence-corrected chi connectivity index (χ0v) is 34.9. The van der Waals surface area contributed by atoms with Gasteiger partial charge in [-0.15, -0.1) is 0 Å². The number of nitrogens with zero attached hydrogens (tertiary/aromatic N) is 4. The Kier molecular flexibility index (Phi) is 8.21. The van der Waals surface area contributed by atoms with Gasteiger partial charge in [0.2, 0.25) is 0 Å². The molecule has 14 nitrogen and oxygen atoms in total. The number of aromatic hydroxyl groups is 1. The third-order valence-corrected chi connectivity index (χ3v) is 12.8. The zero-order valence-electron chi connectivity index (χ0n) is 34.9. The van der Waals surface area contributed by atoms with Crippen LogP contribution in [0.25, 0.3) is 22.3 Å². The molecule has 14 heteroatoms. The molecular weight excluding hydrogens is 851 g/mol. The molecule has 0 aliphatic carbocycles. The van der Waals surface area contributed by atoms with E-state index in [1.165, 1.54) is 60.7 Å². The quantitative estimate of drug-likeness (QED) is 0.156. The topological polar surface area (TPSA) is 191 Å². The summed E-state index contributed by atoms with van der Waals surface area (Å²) in [6, 6.07) is 35.3. The second kappa shape index (κ2) is 14.0. The first kappa shape index (κ1) is 39.2. The predicted octanol–water partition coefficient (Wildman–Crippen LogP) is 8.00. The highest BCUT2D eigenvalue weighted by molar-refractivity contribution is 6.38. The van der Waals surface area contributed by atoms with Crippen molar-refractivity contribution in [2.24, 2.45) is 4.99 Å². The van der Waals surface area contributed by atoms with E-state index in [1.54, 1.807) is 54.6 Å². The number of imide groups is 4. The molecule has 0 unspecified atom stereocenters. The van der Waals surface area contributed by atoms with E-state index in [1.807, 2.05) is 25.1 Å². The highest BCUT2D eigenvalue weighted by Gasteiger charge is 2.42. The van der Waals surface area contributed by atoms with Crippen molar-refractivity contribution in [3.8, 4) is 28.0 Å². The molecule has 0 saturated carbocycles. The Balaban J connectivity index is 0.776. The van der Waals surface area contributed by atoms with E-state index in [0.29, 0.717) is 39.9 Å². The van der Waals surface area contributed by atoms with Gasteiger partial charge in [0.1, 0.15) is 5.75 Å². The first-order valence-corrected chi connectivity index (χ1v) is 21.0. The van der Waals surface area contributed by atoms with Crippen molar-refractivity contribution < 1.29 is 43.5 Å². The van der Waals surface area contributed by atoms with Crippen LogP contribution >= 0.6 is 0 Å². The number of anilines is 3. The molecule has 0 fully saturated rings. The van der Waals surface area contributed by atoms with E-state index < -0.39 is 47.3 Å². The lowest BCUT2D eigenvalue weighted by Gasteiger charge is -2.17. The Bertz CT molecular complexity index is 3630. The number of phenolic OH excluding ortho intramolecular Hbond substituents is 1. The Morgan fingerprint density at radius 2 is 0.955 bits per heavy atom. The maximum atomic E-state index is 14.0. The minimum atomic E-state index is -0.617. The highest BCUT2D eigenvalue weighted by Crippen LogP contribution is 2.40. The van der Waals surface area contributed by atoms with Gasteiger partial charge in [0.25, 0.3) is 47.3 Å². The number of nitrogens with one attached hydrogen (secondary N) is 1. The summed E-state index contributed by atoms with van der Waals surface area (Å²) in [7, 11) is 0. The molecule has 12 rings (SSSR count). The summed E-state index contributed by atoms with van der Waals surface area (Å²) in [5, 5.41) is 13.3. The summed E-state index contributed by atoms with van der Waals surface area (Å²) < 4.78 is 0. The molecule has 0 spiro atoms. The summed E-state index contributed by atoms with van der Waals surface area (Å²) >= 11 is 0. The molecule has 0 radical (unpaired) electrons. The lowest BCUT2D eigenvalue weighted by molar-refractivity contribution is 0.0870. The second-order valence-corrected chi connectivity index (χ2v) is 16.7. The van der Waals surface area contributed by atoms with E-state index in [9.17, 15) is 43.5 Å². The molecule has 0 atom stereocenters. The van der Waals surface area contributed by atoms with Crippen LogP contribution in [0.5, 0.6) is 5.75 Å². The van der Waals surface area contributed by atoms with Crippen molar-refractivity contribution in [3.05, 3.63) is 195 Å². The largest absolute Gasteiger partial charge is 0.507 e. The van der Waals surface area contributed by atoms with Crippen LogP contribution in [0, 0.1) is 6.92 Å². The minimum absolute atomic E-state index is 0.109. The molecule has 7 aromatic rings. The number of carbonyl (C=O) groups excluding carboxylic acids is 8. The van der Waals surface area contributed by atoms with Crippen molar-refractivity contribution in [3.63, 3.8) is 0 Å². The third kappa shape index (κ3) is 5.72. The van der Waals surface area contributed by atoms with E-state index in [-0.39, 0.29) is 67.3 Å². The van der Waals surface area contributed by atoms with Crippen LogP contribution in [0.1, 0.15) is 99.6 Å². The summed E-state index contributed by atoms with van der Waals surface area (Å²) in [6.45, 7) is 1.98. The average molecular weight is 880 g/mol. The summed E-state index contributed by atoms with van der Waals surface area (Å²) in [5.74, 6) is -4.76. The number of phenols is 1. The molecule has 0 bridgehead atoms. The number of amides is 8. The number of fused-ring (bicyclic) bond motifs is 5. The minimum Gasteiger partial charge on any atom is -0.507 e. The fourth-order valence-corrected chi connectivity index (χ4v) is 9.51. The standard InChI is InChI=1S/C53H29N5O9/c1-25-5-6-29-23-43(54-42(29)19-25)37-18-14-32(24-44(37)59)58-49(63)36-17-8-27(21-41(36)52(58)66)26-7-16-35-40(20-26)51(65)56(48(35)62)30-10-12-31(13-11-30)57-50(64)38-4-2-3-33(45(38)53(57)67)28-9-15-34-39(22-28)47(61)55-46(34)60/h2-22,24,59H,23H2,1H3,(H,55,60,61). The molecule has 0 saturated heterocycles. The van der Waals surface area contributed by atoms with Crippen LogP contribution in [0.3, 0.4) is 0 Å². The summed E-state index contributed by atoms with van der Waals surface area (Å²) in [5.41, 5.74) is 7.78. The zero-order chi connectivity index (χ0) is 46.2. The Morgan fingerprint density at radius 3 is 1.61 bits per heavy atom. The van der Waals surface area contributed by atoms with Gasteiger partial charge in [0, 0.05) is 18.1 Å². The Morgan fingerprint density at radius 1 is 0.448 bits per heavy atom. The van der Waals surface area contributed by atoms with Crippen LogP contribution in [0.15, 0.2) is 138 Å². The fraction of sp³-hybridized carbons (Fsp3) is 0.0377. The molecular formula is C53H29N5O9. The van der Waals surface area contributed by atoms with Gasteiger partial charge in [-0.1, -0.05) is 42.5 Å². The summed E-state index contributed by atoms with van der Waals surface area (Å²) in [6.07, 6.45) is 0.532. The van der Waals surface area contributed by atoms with Gasteiger partial charge in [-0.05, 0) is 125 Å². The van der Waals surface area contributed by atoms with E-state index in [0.717, 1.165) is 31.5 Å². The Hall–Kier alpha value is -9.43. The fourth-order valence-electron chi connectivity index (χ4n) is 9.51. The molecule has 2 N–H and O–H groups in total. The van der Waals surface area contributed by atoms with E-state index >= 15 is 0 Å². The van der Waals surface area contributed by atoms with Crippen molar-refractivity contribution in [2.75, 3.05) is 14.7 Å². The predicted molar refractivity (Wildman–Crippen MR) is 245 cm³/mol. The van der Waals surface area contributed by atoms with Crippen LogP contribution in [-0.4, -0.2) is 58.1 Å². The summed E-state index contributed by atoms with van der Waals surface area (Å²) in [4.78, 5) is 115. The lowest BCUT2D eigenvalue weighted by Crippen LogP contribution is -2.30. The van der Waals surface area contributed by atoms with Gasteiger partial charge >= 0.3 is 0 Å². The maximum Gasteiger partial charge on any atom is 0.266 e. The molecule has 8 amide bonds. The van der Waals surface area contributed by atoms with Crippen LogP contribution < -0.4 is 20.0 Å². The number of rotatable bonds is 6. The van der Waals surface area contributed by atoms with E-state index in [4.69, 9.17) is 4.99 Å². The monoisotopic (exact) mass is 879 g/mol. The van der Waals surface area contributed by atoms with Crippen LogP contribution in [-0.2, 0) is 6.42 Å². The molecule has 67 heavy (non-hydrogen) atoms. The number of hydrogen-bond acceptors (Lipinski definition) is 10. The van der Waals surface area contributed by atoms with Crippen molar-refractivity contribution in [1.82, 2.24) is 5.32 Å². The van der Waals surface area contributed by atoms with Gasteiger partial charge in [0.05, 0.1) is 73.0 Å². The molecule has 320 valence electrons. The number of hydrogen-bond donors (Lipinski definition) is 2. The van der Waals surface area contributed by atoms with Gasteiger partial charge < -0.3 is 5.11 Å². The Labute approximate surface area is 379 Å². The van der Waals surface area contributed by atoms with Crippen LogP contribution in [0.4, 0.5) is 22.7 Å². The normalized spacial score (nSPS) is 15.6. The molecule has 5 aliphatic rings. The number of benzene rings is 7. The molecule has 5 aliphatic heterocycles. The van der Waals surface area contributed by atoms with Gasteiger partial charge in [-0.2, -0.15) is 0 Å². The van der Waals surface area contributed by atoms with Crippen molar-refractivity contribution >= 4 is 75.7 Å². The average Bonchev–Trinajstić information content (AvgIpc) is 4.08. The number of aliphatic imine (C=N–C) groups is 1. The first-order valence-electron chi connectivity index (χ1n) is 21.0. The maximum absolute atomic E-state index is 14.0. The molecule has 7 aromatic carbocycles. The van der Waals surface area contributed by atoms with Crippen molar-refractivity contribution in [1.29, 1.82) is 0 Å². The SMILES string of the molecule is Cc1ccc2c(c1)N=C(c1ccc(N3C(=O)c4ccc(-c5ccc6c(c5)C(=O)N(c5ccc(N7C(=O)c8cccc(-c9ccc%10c(c9)C(=O)NC%10=O)c8C7=O)cc5)C6=O)cc4C3=O)cc1O)C2. The number of aryl methyl sites for hydroxylation is 1. The first-order chi connectivity index (χ1) is 32.3. The molecule has 5 heterocycles. The van der Waals surface area contributed by atoms with E-state index in [2.05, 4.69) is 5.32 Å². The highest BCUT2D eigenvalue weighted by atomic mass is 16.3. The van der Waals surface area contributed by atoms with Crippen molar-refractivity contribution in [2.45, 2.75) is 13.3 Å². The third-order valence-electron chi connectivity index (χ3n) is 12.8. The van der Waals surface area contributed by atoms with Gasteiger partial charge in [-0.25, -0.2) is 14.7 Å². The van der Waals surface area contributed by atoms with Gasteiger partial charge in [0.15, 0.2) is 0 Å². The van der Waals surface area contributed by atoms with Gasteiger partial charge in [-0.3, -0.25) is 48.7 Å². The lowest BCUT2D eigenvalue weighted by atomic mass is 9.94. The van der Waals surface area contributed by atoms with Crippen LogP contribution in [0.2, 0.25) is 0 Å². The number of carbonyl (C=O) groups is 8. The molecule has 0 aromatic heterocycles. The second-order valence-electron chi connectivity index (χ2n) is 16.7.